The van der Waals surface area contributed by atoms with Crippen molar-refractivity contribution in [3.63, 3.8) is 0 Å². The van der Waals surface area contributed by atoms with E-state index >= 15 is 0 Å². The maximum atomic E-state index is 12.1. The Labute approximate surface area is 240 Å². The number of hydrogen-bond acceptors (Lipinski definition) is 6. The van der Waals surface area contributed by atoms with Gasteiger partial charge in [-0.2, -0.15) is 0 Å². The van der Waals surface area contributed by atoms with Gasteiger partial charge in [-0.3, -0.25) is 0 Å². The highest BCUT2D eigenvalue weighted by molar-refractivity contribution is 7.88. The van der Waals surface area contributed by atoms with Gasteiger partial charge < -0.3 is 30.5 Å². The molecule has 0 aliphatic carbocycles. The Hall–Kier alpha value is -4.29. The van der Waals surface area contributed by atoms with Gasteiger partial charge in [0, 0.05) is 31.9 Å². The number of rotatable bonds is 9. The Morgan fingerprint density at radius 1 is 0.854 bits per heavy atom. The second-order valence-corrected chi connectivity index (χ2v) is 11.4. The third kappa shape index (κ3) is 10.3. The fourth-order valence-corrected chi connectivity index (χ4v) is 5.05. The molecule has 0 radical (unpaired) electrons. The molecule has 220 valence electrons. The van der Waals surface area contributed by atoms with Crippen LogP contribution in [0.15, 0.2) is 72.8 Å². The van der Waals surface area contributed by atoms with E-state index in [-0.39, 0.29) is 11.9 Å². The fourth-order valence-electron chi connectivity index (χ4n) is 4.16. The van der Waals surface area contributed by atoms with Gasteiger partial charge in [-0.05, 0) is 65.4 Å². The van der Waals surface area contributed by atoms with E-state index in [9.17, 15) is 18.0 Å². The Morgan fingerprint density at radius 3 is 1.80 bits per heavy atom. The molecule has 12 heteroatoms. The van der Waals surface area contributed by atoms with Gasteiger partial charge in [0.1, 0.15) is 11.5 Å². The predicted octanol–water partition coefficient (Wildman–Crippen LogP) is 4.23. The molecule has 1 saturated heterocycles. The van der Waals surface area contributed by atoms with Gasteiger partial charge in [0.05, 0.1) is 20.5 Å². The molecule has 0 spiro atoms. The zero-order chi connectivity index (χ0) is 29.8. The van der Waals surface area contributed by atoms with Crippen molar-refractivity contribution in [2.24, 2.45) is 0 Å². The third-order valence-corrected chi connectivity index (χ3v) is 7.74. The molecule has 0 saturated carbocycles. The molecular formula is C29H36N4O7S. The van der Waals surface area contributed by atoms with Crippen LogP contribution in [0, 0.1) is 0 Å². The lowest BCUT2D eigenvalue weighted by Crippen LogP contribution is -2.28. The van der Waals surface area contributed by atoms with Gasteiger partial charge >= 0.3 is 12.1 Å². The van der Waals surface area contributed by atoms with Gasteiger partial charge in [-0.25, -0.2) is 22.3 Å². The largest absolute Gasteiger partial charge is 0.497 e. The van der Waals surface area contributed by atoms with Gasteiger partial charge in [-0.1, -0.05) is 36.4 Å². The minimum atomic E-state index is -3.14. The number of nitrogens with zero attached hydrogens (tertiary/aromatic N) is 1. The number of urea groups is 1. The standard InChI is InChI=1S/C20H25N3O4S.C9H11NO3/c1-27-19-9-3-15(4-10-19)13-21-20(24)22-18-7-5-16(6-8-18)17-11-12-23(14-17)28(2,25)26;1-13-8-4-2-7(3-5-8)6-10-9(11)12/h3-10,17H,11-14H2,1-2H3,(H2,21,22,24);2-5,10H,6H2,1H3,(H,11,12). The Balaban J connectivity index is 0.000000298. The molecule has 0 bridgehead atoms. The minimum Gasteiger partial charge on any atom is -0.497 e. The molecule has 0 aromatic heterocycles. The number of benzene rings is 3. The first-order valence-electron chi connectivity index (χ1n) is 12.9. The molecule has 11 nitrogen and oxygen atoms in total. The number of nitrogens with one attached hydrogen (secondary N) is 3. The summed E-state index contributed by atoms with van der Waals surface area (Å²) in [7, 11) is 0.0596. The SMILES string of the molecule is COc1ccc(CNC(=O)Nc2ccc(C3CCN(S(C)(=O)=O)C3)cc2)cc1.COc1ccc(CNC(=O)O)cc1. The number of ether oxygens (including phenoxy) is 2. The summed E-state index contributed by atoms with van der Waals surface area (Å²) in [6, 6.07) is 22.0. The van der Waals surface area contributed by atoms with E-state index in [0.717, 1.165) is 34.6 Å². The van der Waals surface area contributed by atoms with E-state index in [0.29, 0.717) is 31.9 Å². The molecule has 4 N–H and O–H groups in total. The van der Waals surface area contributed by atoms with Crippen LogP contribution in [0.25, 0.3) is 0 Å². The highest BCUT2D eigenvalue weighted by Crippen LogP contribution is 2.29. The quantitative estimate of drug-likeness (QED) is 0.294. The predicted molar refractivity (Wildman–Crippen MR) is 157 cm³/mol. The number of sulfonamides is 1. The summed E-state index contributed by atoms with van der Waals surface area (Å²) in [6.45, 7) is 1.79. The summed E-state index contributed by atoms with van der Waals surface area (Å²) in [5, 5.41) is 16.2. The van der Waals surface area contributed by atoms with E-state index < -0.39 is 16.1 Å². The number of carbonyl (C=O) groups excluding carboxylic acids is 1. The molecule has 41 heavy (non-hydrogen) atoms. The van der Waals surface area contributed by atoms with Crippen molar-refractivity contribution >= 4 is 27.8 Å². The van der Waals surface area contributed by atoms with Crippen molar-refractivity contribution in [1.82, 2.24) is 14.9 Å². The van der Waals surface area contributed by atoms with Crippen LogP contribution in [0.1, 0.15) is 29.0 Å². The molecule has 3 aromatic carbocycles. The lowest BCUT2D eigenvalue weighted by molar-refractivity contribution is 0.194. The molecule has 1 heterocycles. The van der Waals surface area contributed by atoms with Gasteiger partial charge in [0.2, 0.25) is 10.0 Å². The fraction of sp³-hybridized carbons (Fsp3) is 0.310. The van der Waals surface area contributed by atoms with Crippen molar-refractivity contribution in [2.75, 3.05) is 38.9 Å². The first-order valence-corrected chi connectivity index (χ1v) is 14.7. The molecular weight excluding hydrogens is 548 g/mol. The number of anilines is 1. The Morgan fingerprint density at radius 2 is 1.37 bits per heavy atom. The molecule has 4 rings (SSSR count). The highest BCUT2D eigenvalue weighted by atomic mass is 32.2. The second-order valence-electron chi connectivity index (χ2n) is 9.39. The Bertz CT molecular complexity index is 1380. The van der Waals surface area contributed by atoms with Crippen molar-refractivity contribution in [3.05, 3.63) is 89.5 Å². The molecule has 3 amide bonds. The first kappa shape index (κ1) is 31.2. The lowest BCUT2D eigenvalue weighted by Gasteiger charge is -2.14. The molecule has 1 aliphatic rings. The molecule has 1 unspecified atom stereocenters. The topological polar surface area (TPSA) is 146 Å². The second kappa shape index (κ2) is 14.9. The van der Waals surface area contributed by atoms with E-state index in [1.54, 1.807) is 26.4 Å². The van der Waals surface area contributed by atoms with Crippen molar-refractivity contribution in [1.29, 1.82) is 0 Å². The summed E-state index contributed by atoms with van der Waals surface area (Å²) in [6.07, 6.45) is 1.03. The summed E-state index contributed by atoms with van der Waals surface area (Å²) in [5.74, 6) is 1.72. The number of methoxy groups -OCH3 is 2. The van der Waals surface area contributed by atoms with E-state index in [4.69, 9.17) is 14.6 Å². The monoisotopic (exact) mass is 584 g/mol. The average molecular weight is 585 g/mol. The van der Waals surface area contributed by atoms with E-state index in [1.807, 2.05) is 60.7 Å². The zero-order valence-corrected chi connectivity index (χ0v) is 24.1. The van der Waals surface area contributed by atoms with Crippen LogP contribution < -0.4 is 25.4 Å². The first-order chi connectivity index (χ1) is 19.6. The van der Waals surface area contributed by atoms with Crippen LogP contribution in [0.5, 0.6) is 11.5 Å². The van der Waals surface area contributed by atoms with E-state index in [2.05, 4.69) is 16.0 Å². The van der Waals surface area contributed by atoms with Crippen LogP contribution in [-0.2, 0) is 23.1 Å². The molecule has 3 aromatic rings. The maximum Gasteiger partial charge on any atom is 0.404 e. The van der Waals surface area contributed by atoms with Crippen LogP contribution >= 0.6 is 0 Å². The summed E-state index contributed by atoms with van der Waals surface area (Å²) >= 11 is 0. The van der Waals surface area contributed by atoms with Crippen LogP contribution in [-0.4, -0.2) is 63.5 Å². The van der Waals surface area contributed by atoms with E-state index in [1.165, 1.54) is 10.6 Å². The van der Waals surface area contributed by atoms with Crippen molar-refractivity contribution in [3.8, 4) is 11.5 Å². The number of carbonyl (C=O) groups is 2. The highest BCUT2D eigenvalue weighted by Gasteiger charge is 2.29. The Kier molecular flexibility index (Phi) is 11.4. The third-order valence-electron chi connectivity index (χ3n) is 6.47. The summed E-state index contributed by atoms with van der Waals surface area (Å²) in [5.41, 5.74) is 3.65. The van der Waals surface area contributed by atoms with Crippen LogP contribution in [0.4, 0.5) is 15.3 Å². The normalized spacial score (nSPS) is 14.8. The van der Waals surface area contributed by atoms with Crippen LogP contribution in [0.3, 0.4) is 0 Å². The molecule has 1 fully saturated rings. The smallest absolute Gasteiger partial charge is 0.404 e. The zero-order valence-electron chi connectivity index (χ0n) is 23.3. The van der Waals surface area contributed by atoms with Crippen molar-refractivity contribution in [2.45, 2.75) is 25.4 Å². The number of carboxylic acid groups (broad SMARTS) is 1. The van der Waals surface area contributed by atoms with Gasteiger partial charge in [0.15, 0.2) is 0 Å². The average Bonchev–Trinajstić information content (AvgIpc) is 3.48. The molecule has 1 atom stereocenters. The number of hydrogen-bond donors (Lipinski definition) is 4. The maximum absolute atomic E-state index is 12.1. The number of amides is 3. The minimum absolute atomic E-state index is 0.188. The summed E-state index contributed by atoms with van der Waals surface area (Å²) in [4.78, 5) is 22.2. The van der Waals surface area contributed by atoms with Crippen LogP contribution in [0.2, 0.25) is 0 Å². The lowest BCUT2D eigenvalue weighted by atomic mass is 9.98. The van der Waals surface area contributed by atoms with Crippen molar-refractivity contribution < 1.29 is 32.6 Å². The molecule has 1 aliphatic heterocycles. The summed E-state index contributed by atoms with van der Waals surface area (Å²) < 4.78 is 34.9. The van der Waals surface area contributed by atoms with Gasteiger partial charge in [0.25, 0.3) is 0 Å². The van der Waals surface area contributed by atoms with Gasteiger partial charge in [-0.15, -0.1) is 0 Å².